The van der Waals surface area contributed by atoms with Gasteiger partial charge in [-0.05, 0) is 18.6 Å². The monoisotopic (exact) mass is 317 g/mol. The number of unbranched alkanes of at least 4 members (excludes halogenated alkanes) is 1. The molecule has 110 valence electrons. The van der Waals surface area contributed by atoms with Crippen LogP contribution in [0.25, 0.3) is 0 Å². The maximum absolute atomic E-state index is 11.9. The zero-order valence-electron chi connectivity index (χ0n) is 10.8. The minimum absolute atomic E-state index is 0.00947. The van der Waals surface area contributed by atoms with Crippen molar-refractivity contribution in [2.24, 2.45) is 0 Å². The van der Waals surface area contributed by atoms with Gasteiger partial charge in [-0.25, -0.2) is 9.97 Å². The highest BCUT2D eigenvalue weighted by atomic mass is 32.2. The largest absolute Gasteiger partial charge is 0.367 e. The number of carbonyl (C=O) groups excluding carboxylic acids is 1. The van der Waals surface area contributed by atoms with Crippen LogP contribution in [0.5, 0.6) is 0 Å². The van der Waals surface area contributed by atoms with Crippen LogP contribution in [0.15, 0.2) is 6.33 Å². The number of nitrogens with zero attached hydrogens (tertiary/aromatic N) is 3. The van der Waals surface area contributed by atoms with E-state index in [1.807, 2.05) is 0 Å². The third-order valence-electron chi connectivity index (χ3n) is 2.28. The second kappa shape index (κ2) is 8.59. The van der Waals surface area contributed by atoms with Crippen molar-refractivity contribution in [3.63, 3.8) is 0 Å². The lowest BCUT2D eigenvalue weighted by molar-refractivity contribution is -0.384. The second-order valence-corrected chi connectivity index (χ2v) is 4.99. The van der Waals surface area contributed by atoms with Crippen molar-refractivity contribution < 1.29 is 9.72 Å². The summed E-state index contributed by atoms with van der Waals surface area (Å²) in [4.78, 5) is 29.7. The van der Waals surface area contributed by atoms with Crippen LogP contribution in [-0.4, -0.2) is 39.4 Å². The van der Waals surface area contributed by atoms with E-state index in [-0.39, 0.29) is 11.5 Å². The van der Waals surface area contributed by atoms with Crippen molar-refractivity contribution in [2.45, 2.75) is 12.8 Å². The van der Waals surface area contributed by atoms with Crippen molar-refractivity contribution in [1.29, 1.82) is 0 Å². The standard InChI is InChI=1S/C10H15N5O3S2/c1-11-9-8(15(17)18)7(12-6-13-9)10(16)14-20-5-3-2-4-19/h6,19H,2-5H2,1H3,(H,14,16)(H,11,12,13). The van der Waals surface area contributed by atoms with Crippen LogP contribution in [0.4, 0.5) is 11.5 Å². The SMILES string of the molecule is CNc1ncnc(C(=O)NSCCCCS)c1[N+](=O)[O-]. The van der Waals surface area contributed by atoms with E-state index in [1.165, 1.54) is 19.0 Å². The first kappa shape index (κ1) is 16.5. The maximum Gasteiger partial charge on any atom is 0.342 e. The summed E-state index contributed by atoms with van der Waals surface area (Å²) in [5.74, 6) is 0.906. The molecule has 1 amide bonds. The van der Waals surface area contributed by atoms with Crippen LogP contribution in [0.3, 0.4) is 0 Å². The lowest BCUT2D eigenvalue weighted by Gasteiger charge is -2.06. The Morgan fingerprint density at radius 1 is 1.50 bits per heavy atom. The average Bonchev–Trinajstić information content (AvgIpc) is 2.45. The third kappa shape index (κ3) is 4.53. The molecule has 1 aromatic rings. The molecule has 2 N–H and O–H groups in total. The molecule has 1 aromatic heterocycles. The quantitative estimate of drug-likeness (QED) is 0.219. The number of thiol groups is 1. The molecule has 0 saturated carbocycles. The van der Waals surface area contributed by atoms with Crippen molar-refractivity contribution in [1.82, 2.24) is 14.7 Å². The molecule has 0 aliphatic heterocycles. The van der Waals surface area contributed by atoms with Crippen LogP contribution < -0.4 is 10.0 Å². The molecule has 0 aliphatic carbocycles. The third-order valence-corrected chi connectivity index (χ3v) is 3.41. The second-order valence-electron chi connectivity index (χ2n) is 3.64. The number of carbonyl (C=O) groups is 1. The first-order valence-electron chi connectivity index (χ1n) is 5.82. The Morgan fingerprint density at radius 2 is 2.25 bits per heavy atom. The van der Waals surface area contributed by atoms with Gasteiger partial charge in [0.1, 0.15) is 6.33 Å². The predicted molar refractivity (Wildman–Crippen MR) is 81.2 cm³/mol. The van der Waals surface area contributed by atoms with Gasteiger partial charge in [-0.3, -0.25) is 19.6 Å². The van der Waals surface area contributed by atoms with Gasteiger partial charge in [0.05, 0.1) is 4.92 Å². The highest BCUT2D eigenvalue weighted by Gasteiger charge is 2.27. The molecule has 1 heterocycles. The minimum Gasteiger partial charge on any atom is -0.367 e. The molecule has 0 spiro atoms. The Morgan fingerprint density at radius 3 is 2.85 bits per heavy atom. The first-order chi connectivity index (χ1) is 9.61. The Hall–Kier alpha value is -1.55. The van der Waals surface area contributed by atoms with Gasteiger partial charge < -0.3 is 5.32 Å². The first-order valence-corrected chi connectivity index (χ1v) is 7.43. The maximum atomic E-state index is 11.9. The highest BCUT2D eigenvalue weighted by molar-refractivity contribution is 7.97. The van der Waals surface area contributed by atoms with Crippen LogP contribution in [0, 0.1) is 10.1 Å². The van der Waals surface area contributed by atoms with E-state index in [0.29, 0.717) is 5.75 Å². The summed E-state index contributed by atoms with van der Waals surface area (Å²) in [6, 6.07) is 0. The molecule has 8 nitrogen and oxygen atoms in total. The number of anilines is 1. The molecule has 0 bridgehead atoms. The van der Waals surface area contributed by atoms with E-state index >= 15 is 0 Å². The Kier molecular flexibility index (Phi) is 7.09. The van der Waals surface area contributed by atoms with Crippen LogP contribution in [0.2, 0.25) is 0 Å². The van der Waals surface area contributed by atoms with Crippen molar-refractivity contribution >= 4 is 42.0 Å². The van der Waals surface area contributed by atoms with Gasteiger partial charge in [-0.1, -0.05) is 11.9 Å². The van der Waals surface area contributed by atoms with E-state index in [9.17, 15) is 14.9 Å². The number of hydrogen-bond acceptors (Lipinski definition) is 8. The Balaban J connectivity index is 2.75. The number of aromatic nitrogens is 2. The summed E-state index contributed by atoms with van der Waals surface area (Å²) in [5.41, 5.74) is -0.681. The average molecular weight is 317 g/mol. The molecule has 0 atom stereocenters. The number of nitrogens with one attached hydrogen (secondary N) is 2. The van der Waals surface area contributed by atoms with Gasteiger partial charge in [-0.15, -0.1) is 0 Å². The fourth-order valence-corrected chi connectivity index (χ4v) is 2.25. The summed E-state index contributed by atoms with van der Waals surface area (Å²) >= 11 is 5.28. The molecule has 10 heteroatoms. The van der Waals surface area contributed by atoms with Crippen LogP contribution in [0.1, 0.15) is 23.3 Å². The summed E-state index contributed by atoms with van der Waals surface area (Å²) < 4.78 is 2.53. The predicted octanol–water partition coefficient (Wildman–Crippen LogP) is 1.51. The lowest BCUT2D eigenvalue weighted by atomic mass is 10.3. The molecule has 0 aliphatic rings. The molecule has 0 aromatic carbocycles. The van der Waals surface area contributed by atoms with Gasteiger partial charge in [-0.2, -0.15) is 12.6 Å². The number of hydrogen-bond donors (Lipinski definition) is 3. The Bertz CT molecular complexity index is 486. The summed E-state index contributed by atoms with van der Waals surface area (Å²) in [5, 5.41) is 13.6. The molecule has 0 saturated heterocycles. The topological polar surface area (TPSA) is 110 Å². The minimum atomic E-state index is -0.674. The van der Waals surface area contributed by atoms with Gasteiger partial charge in [0, 0.05) is 12.8 Å². The van der Waals surface area contributed by atoms with Crippen LogP contribution >= 0.6 is 24.6 Å². The normalized spacial score (nSPS) is 10.1. The molecular weight excluding hydrogens is 302 g/mol. The van der Waals surface area contributed by atoms with E-state index in [4.69, 9.17) is 0 Å². The summed E-state index contributed by atoms with van der Waals surface area (Å²) in [7, 11) is 1.49. The van der Waals surface area contributed by atoms with Crippen molar-refractivity contribution in [3.8, 4) is 0 Å². The van der Waals surface area contributed by atoms with Crippen LogP contribution in [-0.2, 0) is 0 Å². The van der Waals surface area contributed by atoms with Crippen molar-refractivity contribution in [3.05, 3.63) is 22.1 Å². The lowest BCUT2D eigenvalue weighted by Crippen LogP contribution is -2.20. The zero-order chi connectivity index (χ0) is 15.0. The molecule has 20 heavy (non-hydrogen) atoms. The van der Waals surface area contributed by atoms with Crippen molar-refractivity contribution in [2.75, 3.05) is 23.9 Å². The van der Waals surface area contributed by atoms with E-state index in [2.05, 4.69) is 32.6 Å². The summed E-state index contributed by atoms with van der Waals surface area (Å²) in [6.45, 7) is 0. The zero-order valence-corrected chi connectivity index (χ0v) is 12.5. The van der Waals surface area contributed by atoms with E-state index in [1.54, 1.807) is 0 Å². The fraction of sp³-hybridized carbons (Fsp3) is 0.500. The molecule has 1 rings (SSSR count). The van der Waals surface area contributed by atoms with Gasteiger partial charge in [0.2, 0.25) is 11.5 Å². The number of amides is 1. The fourth-order valence-electron chi connectivity index (χ4n) is 1.35. The highest BCUT2D eigenvalue weighted by Crippen LogP contribution is 2.24. The van der Waals surface area contributed by atoms with E-state index < -0.39 is 16.5 Å². The number of nitro groups is 1. The Labute approximate surface area is 125 Å². The smallest absolute Gasteiger partial charge is 0.342 e. The molecule has 0 unspecified atom stereocenters. The molecule has 0 fully saturated rings. The summed E-state index contributed by atoms with van der Waals surface area (Å²) in [6.07, 6.45) is 2.96. The molecular formula is C10H15N5O3S2. The van der Waals surface area contributed by atoms with Gasteiger partial charge in [0.15, 0.2) is 0 Å². The van der Waals surface area contributed by atoms with Gasteiger partial charge >= 0.3 is 5.69 Å². The molecule has 0 radical (unpaired) electrons. The van der Waals surface area contributed by atoms with Gasteiger partial charge in [0.25, 0.3) is 5.91 Å². The number of rotatable bonds is 8. The van der Waals surface area contributed by atoms with E-state index in [0.717, 1.165) is 24.9 Å².